The first-order chi connectivity index (χ1) is 4.59. The maximum atomic E-state index is 10.1. The van der Waals surface area contributed by atoms with E-state index in [0.29, 0.717) is 6.42 Å². The van der Waals surface area contributed by atoms with Crippen molar-refractivity contribution in [1.82, 2.24) is 0 Å². The molecular weight excluding hydrogens is 138 g/mol. The van der Waals surface area contributed by atoms with E-state index in [4.69, 9.17) is 5.11 Å². The third-order valence-corrected chi connectivity index (χ3v) is 1.10. The van der Waals surface area contributed by atoms with Crippen molar-refractivity contribution in [2.75, 3.05) is 0 Å². The summed E-state index contributed by atoms with van der Waals surface area (Å²) >= 11 is 0. The summed E-state index contributed by atoms with van der Waals surface area (Å²) in [4.78, 5) is 19.3. The van der Waals surface area contributed by atoms with E-state index >= 15 is 0 Å². The summed E-state index contributed by atoms with van der Waals surface area (Å²) in [7, 11) is 0. The summed E-state index contributed by atoms with van der Waals surface area (Å²) in [5, 5.41) is 18.2. The molecule has 5 nitrogen and oxygen atoms in total. The van der Waals surface area contributed by atoms with Crippen LogP contribution >= 0.6 is 0 Å². The van der Waals surface area contributed by atoms with Gasteiger partial charge in [-0.1, -0.05) is 6.92 Å². The molecule has 1 unspecified atom stereocenters. The highest BCUT2D eigenvalue weighted by atomic mass is 16.6. The first-order valence-corrected chi connectivity index (χ1v) is 2.96. The van der Waals surface area contributed by atoms with Gasteiger partial charge in [0.1, 0.15) is 0 Å². The molecule has 0 aromatic heterocycles. The van der Waals surface area contributed by atoms with Gasteiger partial charge in [-0.15, -0.1) is 0 Å². The summed E-state index contributed by atoms with van der Waals surface area (Å²) in [5.74, 6) is -1.35. The SMILES string of the molecule is CCCC(C(=O)O)[N+](=O)[O-]. The number of aliphatic carboxylic acids is 1. The molecule has 0 radical (unpaired) electrons. The van der Waals surface area contributed by atoms with Crippen LogP contribution in [-0.4, -0.2) is 22.0 Å². The molecule has 0 rings (SSSR count). The average molecular weight is 147 g/mol. The van der Waals surface area contributed by atoms with Crippen LogP contribution in [0.3, 0.4) is 0 Å². The quantitative estimate of drug-likeness (QED) is 0.464. The third-order valence-electron chi connectivity index (χ3n) is 1.10. The van der Waals surface area contributed by atoms with Crippen LogP contribution in [0.1, 0.15) is 19.8 Å². The van der Waals surface area contributed by atoms with Crippen LogP contribution in [0, 0.1) is 10.1 Å². The zero-order valence-corrected chi connectivity index (χ0v) is 5.61. The van der Waals surface area contributed by atoms with E-state index in [-0.39, 0.29) is 6.42 Å². The summed E-state index contributed by atoms with van der Waals surface area (Å²) in [6.45, 7) is 1.71. The van der Waals surface area contributed by atoms with Crippen molar-refractivity contribution in [2.45, 2.75) is 25.8 Å². The van der Waals surface area contributed by atoms with Crippen molar-refractivity contribution < 1.29 is 14.8 Å². The smallest absolute Gasteiger partial charge is 0.379 e. The summed E-state index contributed by atoms with van der Waals surface area (Å²) in [6.07, 6.45) is 0.611. The maximum absolute atomic E-state index is 10.1. The summed E-state index contributed by atoms with van der Waals surface area (Å²) in [6, 6.07) is -1.43. The zero-order valence-electron chi connectivity index (χ0n) is 5.61. The molecule has 0 amide bonds. The second kappa shape index (κ2) is 3.81. The zero-order chi connectivity index (χ0) is 8.15. The average Bonchev–Trinajstić information content (AvgIpc) is 1.81. The van der Waals surface area contributed by atoms with Crippen LogP contribution in [0.25, 0.3) is 0 Å². The molecule has 0 aliphatic rings. The van der Waals surface area contributed by atoms with E-state index in [2.05, 4.69) is 0 Å². The topological polar surface area (TPSA) is 80.4 Å². The van der Waals surface area contributed by atoms with E-state index < -0.39 is 16.9 Å². The molecule has 0 aliphatic carbocycles. The standard InChI is InChI=1S/C5H9NO4/c1-2-3-4(5(7)8)6(9)10/h4H,2-3H2,1H3,(H,7,8). The number of rotatable bonds is 4. The second-order valence-corrected chi connectivity index (χ2v) is 1.93. The molecule has 0 fully saturated rings. The van der Waals surface area contributed by atoms with Crippen molar-refractivity contribution in [3.8, 4) is 0 Å². The molecule has 1 atom stereocenters. The summed E-state index contributed by atoms with van der Waals surface area (Å²) in [5.41, 5.74) is 0. The second-order valence-electron chi connectivity index (χ2n) is 1.93. The predicted octanol–water partition coefficient (Wildman–Crippen LogP) is 0.516. The lowest BCUT2D eigenvalue weighted by atomic mass is 10.2. The van der Waals surface area contributed by atoms with Crippen LogP contribution in [0.5, 0.6) is 0 Å². The van der Waals surface area contributed by atoms with Crippen molar-refractivity contribution in [3.05, 3.63) is 10.1 Å². The van der Waals surface area contributed by atoms with E-state index in [1.54, 1.807) is 6.92 Å². The molecule has 0 saturated carbocycles. The lowest BCUT2D eigenvalue weighted by Crippen LogP contribution is -2.28. The lowest BCUT2D eigenvalue weighted by molar-refractivity contribution is -0.511. The van der Waals surface area contributed by atoms with Crippen LogP contribution < -0.4 is 0 Å². The highest BCUT2D eigenvalue weighted by Gasteiger charge is 2.27. The minimum atomic E-state index is -1.43. The highest BCUT2D eigenvalue weighted by Crippen LogP contribution is 1.99. The fourth-order valence-electron chi connectivity index (χ4n) is 0.592. The number of carboxylic acids is 1. The van der Waals surface area contributed by atoms with Gasteiger partial charge in [-0.05, 0) is 6.42 Å². The molecule has 0 heterocycles. The number of nitro groups is 1. The number of nitrogens with zero attached hydrogens (tertiary/aromatic N) is 1. The van der Waals surface area contributed by atoms with E-state index in [9.17, 15) is 14.9 Å². The van der Waals surface area contributed by atoms with E-state index in [0.717, 1.165) is 0 Å². The Morgan fingerprint density at radius 1 is 1.80 bits per heavy atom. The maximum Gasteiger partial charge on any atom is 0.379 e. The normalized spacial score (nSPS) is 12.5. The Hall–Kier alpha value is -1.13. The Bertz CT molecular complexity index is 131. The molecule has 1 N–H and O–H groups in total. The van der Waals surface area contributed by atoms with Gasteiger partial charge in [0.25, 0.3) is 0 Å². The Morgan fingerprint density at radius 2 is 2.30 bits per heavy atom. The van der Waals surface area contributed by atoms with Crippen LogP contribution in [-0.2, 0) is 4.79 Å². The van der Waals surface area contributed by atoms with Crippen LogP contribution in [0.15, 0.2) is 0 Å². The molecule has 0 saturated heterocycles. The molecule has 5 heteroatoms. The van der Waals surface area contributed by atoms with Crippen molar-refractivity contribution in [3.63, 3.8) is 0 Å². The molecule has 58 valence electrons. The monoisotopic (exact) mass is 147 g/mol. The minimum Gasteiger partial charge on any atom is -0.476 e. The lowest BCUT2D eigenvalue weighted by Gasteiger charge is -2.00. The Labute approximate surface area is 57.8 Å². The highest BCUT2D eigenvalue weighted by molar-refractivity contribution is 5.71. The van der Waals surface area contributed by atoms with Gasteiger partial charge in [0, 0.05) is 11.3 Å². The van der Waals surface area contributed by atoms with E-state index in [1.807, 2.05) is 0 Å². The number of hydrogen-bond acceptors (Lipinski definition) is 3. The molecule has 0 aliphatic heterocycles. The predicted molar refractivity (Wildman–Crippen MR) is 33.3 cm³/mol. The molecule has 0 aromatic carbocycles. The fraction of sp³-hybridized carbons (Fsp3) is 0.800. The fourth-order valence-corrected chi connectivity index (χ4v) is 0.592. The molecule has 0 aromatic rings. The Balaban J connectivity index is 3.98. The minimum absolute atomic E-state index is 0.0995. The third kappa shape index (κ3) is 2.43. The largest absolute Gasteiger partial charge is 0.476 e. The van der Waals surface area contributed by atoms with Crippen molar-refractivity contribution >= 4 is 5.97 Å². The van der Waals surface area contributed by atoms with Gasteiger partial charge in [-0.3, -0.25) is 10.1 Å². The number of carboxylic acid groups (broad SMARTS) is 1. The van der Waals surface area contributed by atoms with Gasteiger partial charge >= 0.3 is 12.0 Å². The van der Waals surface area contributed by atoms with Gasteiger partial charge < -0.3 is 5.11 Å². The van der Waals surface area contributed by atoms with Crippen LogP contribution in [0.4, 0.5) is 0 Å². The first kappa shape index (κ1) is 8.87. The van der Waals surface area contributed by atoms with Crippen molar-refractivity contribution in [1.29, 1.82) is 0 Å². The van der Waals surface area contributed by atoms with Gasteiger partial charge in [-0.2, -0.15) is 0 Å². The molecular formula is C5H9NO4. The Morgan fingerprint density at radius 3 is 2.40 bits per heavy atom. The molecule has 0 spiro atoms. The Kier molecular flexibility index (Phi) is 3.38. The first-order valence-electron chi connectivity index (χ1n) is 2.96. The van der Waals surface area contributed by atoms with Gasteiger partial charge in [-0.25, -0.2) is 4.79 Å². The molecule has 0 bridgehead atoms. The summed E-state index contributed by atoms with van der Waals surface area (Å²) < 4.78 is 0. The van der Waals surface area contributed by atoms with Gasteiger partial charge in [0.15, 0.2) is 0 Å². The van der Waals surface area contributed by atoms with E-state index in [1.165, 1.54) is 0 Å². The van der Waals surface area contributed by atoms with Gasteiger partial charge in [0.05, 0.1) is 0 Å². The number of hydrogen-bond donors (Lipinski definition) is 1. The van der Waals surface area contributed by atoms with Crippen molar-refractivity contribution in [2.24, 2.45) is 0 Å². The van der Waals surface area contributed by atoms with Gasteiger partial charge in [0.2, 0.25) is 0 Å². The molecule has 10 heavy (non-hydrogen) atoms. The number of carbonyl (C=O) groups is 1. The van der Waals surface area contributed by atoms with Crippen LogP contribution in [0.2, 0.25) is 0 Å².